The van der Waals surface area contributed by atoms with Gasteiger partial charge in [0.15, 0.2) is 6.61 Å². The molecule has 0 saturated heterocycles. The van der Waals surface area contributed by atoms with Crippen molar-refractivity contribution >= 4 is 39.1 Å². The summed E-state index contributed by atoms with van der Waals surface area (Å²) in [7, 11) is 0. The van der Waals surface area contributed by atoms with E-state index in [1.54, 1.807) is 0 Å². The summed E-state index contributed by atoms with van der Waals surface area (Å²) in [4.78, 5) is 11.8. The van der Waals surface area contributed by atoms with Crippen LogP contribution < -0.4 is 10.1 Å². The quantitative estimate of drug-likeness (QED) is 0.846. The maximum absolute atomic E-state index is 11.8. The number of carbonyl (C=O) groups excluding carboxylic acids is 1. The van der Waals surface area contributed by atoms with Crippen molar-refractivity contribution in [2.45, 2.75) is 13.8 Å². The van der Waals surface area contributed by atoms with Crippen LogP contribution in [-0.2, 0) is 4.79 Å². The number of halogens is 2. The van der Waals surface area contributed by atoms with Crippen LogP contribution in [0.25, 0.3) is 0 Å². The van der Waals surface area contributed by atoms with Crippen molar-refractivity contribution in [2.75, 3.05) is 11.9 Å². The summed E-state index contributed by atoms with van der Waals surface area (Å²) in [6, 6.07) is 11.0. The second-order valence-corrected chi connectivity index (χ2v) is 6.01. The Labute approximate surface area is 137 Å². The van der Waals surface area contributed by atoms with E-state index in [-0.39, 0.29) is 12.5 Å². The van der Waals surface area contributed by atoms with Gasteiger partial charge >= 0.3 is 0 Å². The molecule has 0 aliphatic rings. The number of hydrogen-bond acceptors (Lipinski definition) is 2. The van der Waals surface area contributed by atoms with Gasteiger partial charge in [-0.2, -0.15) is 0 Å². The van der Waals surface area contributed by atoms with E-state index in [2.05, 4.69) is 21.2 Å². The third kappa shape index (κ3) is 4.48. The van der Waals surface area contributed by atoms with Crippen LogP contribution in [0, 0.1) is 13.8 Å². The van der Waals surface area contributed by atoms with Crippen LogP contribution in [0.15, 0.2) is 40.9 Å². The normalized spacial score (nSPS) is 10.3. The number of anilines is 1. The minimum atomic E-state index is -0.206. The predicted molar refractivity (Wildman–Crippen MR) is 89.2 cm³/mol. The molecule has 0 heterocycles. The predicted octanol–water partition coefficient (Wildman–Crippen LogP) is 4.74. The Kier molecular flexibility index (Phi) is 5.26. The number of nitrogens with one attached hydrogen (secondary N) is 1. The molecule has 3 nitrogen and oxygen atoms in total. The van der Waals surface area contributed by atoms with Gasteiger partial charge in [0, 0.05) is 15.2 Å². The first kappa shape index (κ1) is 15.9. The number of ether oxygens (including phenoxy) is 1. The highest BCUT2D eigenvalue weighted by Crippen LogP contribution is 2.25. The Morgan fingerprint density at radius 2 is 1.76 bits per heavy atom. The zero-order valence-corrected chi connectivity index (χ0v) is 14.1. The number of rotatable bonds is 4. The van der Waals surface area contributed by atoms with E-state index >= 15 is 0 Å². The highest BCUT2D eigenvalue weighted by atomic mass is 79.9. The molecular weight excluding hydrogens is 354 g/mol. The Morgan fingerprint density at radius 3 is 2.33 bits per heavy atom. The third-order valence-electron chi connectivity index (χ3n) is 2.91. The molecule has 0 radical (unpaired) electrons. The Bertz CT molecular complexity index is 633. The van der Waals surface area contributed by atoms with Crippen molar-refractivity contribution in [1.29, 1.82) is 0 Å². The molecule has 21 heavy (non-hydrogen) atoms. The molecule has 0 aliphatic carbocycles. The second-order valence-electron chi connectivity index (χ2n) is 4.71. The SMILES string of the molecule is Cc1cc(OCC(=O)Nc2ccc(Br)cc2)cc(C)c1Cl. The van der Waals surface area contributed by atoms with Crippen LogP contribution in [0.3, 0.4) is 0 Å². The molecule has 0 atom stereocenters. The molecule has 110 valence electrons. The van der Waals surface area contributed by atoms with Gasteiger partial charge in [0.25, 0.3) is 5.91 Å². The standard InChI is InChI=1S/C16H15BrClNO2/c1-10-7-14(8-11(2)16(10)18)21-9-15(20)19-13-5-3-12(17)4-6-13/h3-8H,9H2,1-2H3,(H,19,20). The smallest absolute Gasteiger partial charge is 0.262 e. The van der Waals surface area contributed by atoms with Gasteiger partial charge in [0.05, 0.1) is 0 Å². The fourth-order valence-corrected chi connectivity index (χ4v) is 2.24. The molecule has 0 unspecified atom stereocenters. The number of benzene rings is 2. The zero-order valence-electron chi connectivity index (χ0n) is 11.7. The van der Waals surface area contributed by atoms with Crippen molar-refractivity contribution < 1.29 is 9.53 Å². The highest BCUT2D eigenvalue weighted by Gasteiger charge is 2.07. The number of hydrogen-bond donors (Lipinski definition) is 1. The number of carbonyl (C=O) groups is 1. The van der Waals surface area contributed by atoms with Crippen LogP contribution in [0.5, 0.6) is 5.75 Å². The van der Waals surface area contributed by atoms with Crippen molar-refractivity contribution in [3.63, 3.8) is 0 Å². The highest BCUT2D eigenvalue weighted by molar-refractivity contribution is 9.10. The molecule has 0 aliphatic heterocycles. The van der Waals surface area contributed by atoms with Gasteiger partial charge in [-0.05, 0) is 61.4 Å². The van der Waals surface area contributed by atoms with Gasteiger partial charge in [0.2, 0.25) is 0 Å². The Balaban J connectivity index is 1.93. The lowest BCUT2D eigenvalue weighted by Crippen LogP contribution is -2.20. The van der Waals surface area contributed by atoms with Gasteiger partial charge in [-0.3, -0.25) is 4.79 Å². The average Bonchev–Trinajstić information content (AvgIpc) is 2.45. The lowest BCUT2D eigenvalue weighted by atomic mass is 10.1. The molecule has 2 rings (SSSR count). The van der Waals surface area contributed by atoms with Crippen molar-refractivity contribution in [2.24, 2.45) is 0 Å². The van der Waals surface area contributed by atoms with E-state index in [0.717, 1.165) is 26.3 Å². The molecular formula is C16H15BrClNO2. The Morgan fingerprint density at radius 1 is 1.19 bits per heavy atom. The lowest BCUT2D eigenvalue weighted by Gasteiger charge is -2.10. The molecule has 0 bridgehead atoms. The average molecular weight is 369 g/mol. The molecule has 0 fully saturated rings. The van der Waals surface area contributed by atoms with E-state index < -0.39 is 0 Å². The van der Waals surface area contributed by atoms with E-state index in [1.165, 1.54) is 0 Å². The first-order chi connectivity index (χ1) is 9.95. The van der Waals surface area contributed by atoms with Gasteiger partial charge in [-0.15, -0.1) is 0 Å². The fraction of sp³-hybridized carbons (Fsp3) is 0.188. The lowest BCUT2D eigenvalue weighted by molar-refractivity contribution is -0.118. The van der Waals surface area contributed by atoms with E-state index in [4.69, 9.17) is 16.3 Å². The van der Waals surface area contributed by atoms with Crippen LogP contribution in [0.4, 0.5) is 5.69 Å². The van der Waals surface area contributed by atoms with Crippen molar-refractivity contribution in [3.05, 3.63) is 57.0 Å². The second kappa shape index (κ2) is 6.96. The summed E-state index contributed by atoms with van der Waals surface area (Å²) in [5, 5.41) is 3.49. The minimum absolute atomic E-state index is 0.0451. The molecule has 5 heteroatoms. The largest absolute Gasteiger partial charge is 0.484 e. The molecule has 1 N–H and O–H groups in total. The third-order valence-corrected chi connectivity index (χ3v) is 4.03. The summed E-state index contributed by atoms with van der Waals surface area (Å²) in [5.41, 5.74) is 2.59. The van der Waals surface area contributed by atoms with Crippen molar-refractivity contribution in [3.8, 4) is 5.75 Å². The first-order valence-electron chi connectivity index (χ1n) is 6.40. The first-order valence-corrected chi connectivity index (χ1v) is 7.58. The Hall–Kier alpha value is -1.52. The molecule has 2 aromatic carbocycles. The van der Waals surface area contributed by atoms with Gasteiger partial charge in [-0.25, -0.2) is 0 Å². The molecule has 1 amide bonds. The molecule has 0 saturated carbocycles. The number of aryl methyl sites for hydroxylation is 2. The molecule has 0 aromatic heterocycles. The summed E-state index contributed by atoms with van der Waals surface area (Å²) >= 11 is 9.44. The van der Waals surface area contributed by atoms with Crippen LogP contribution >= 0.6 is 27.5 Å². The monoisotopic (exact) mass is 367 g/mol. The maximum atomic E-state index is 11.8. The zero-order chi connectivity index (χ0) is 15.4. The summed E-state index contributed by atoms with van der Waals surface area (Å²) in [6.07, 6.45) is 0. The van der Waals surface area contributed by atoms with Crippen LogP contribution in [0.2, 0.25) is 5.02 Å². The van der Waals surface area contributed by atoms with Gasteiger partial charge in [-0.1, -0.05) is 27.5 Å². The van der Waals surface area contributed by atoms with Crippen molar-refractivity contribution in [1.82, 2.24) is 0 Å². The van der Waals surface area contributed by atoms with Crippen LogP contribution in [-0.4, -0.2) is 12.5 Å². The maximum Gasteiger partial charge on any atom is 0.262 e. The number of amides is 1. The minimum Gasteiger partial charge on any atom is -0.484 e. The summed E-state index contributed by atoms with van der Waals surface area (Å²) in [6.45, 7) is 3.77. The molecule has 0 spiro atoms. The summed E-state index contributed by atoms with van der Waals surface area (Å²) in [5.74, 6) is 0.433. The fourth-order valence-electron chi connectivity index (χ4n) is 1.87. The van der Waals surface area contributed by atoms with E-state index in [1.807, 2.05) is 50.2 Å². The van der Waals surface area contributed by atoms with E-state index in [9.17, 15) is 4.79 Å². The van der Waals surface area contributed by atoms with Gasteiger partial charge < -0.3 is 10.1 Å². The van der Waals surface area contributed by atoms with Gasteiger partial charge in [0.1, 0.15) is 5.75 Å². The molecule has 2 aromatic rings. The topological polar surface area (TPSA) is 38.3 Å². The summed E-state index contributed by atoms with van der Waals surface area (Å²) < 4.78 is 6.46. The van der Waals surface area contributed by atoms with Crippen LogP contribution in [0.1, 0.15) is 11.1 Å². The van der Waals surface area contributed by atoms with E-state index in [0.29, 0.717) is 5.75 Å².